The van der Waals surface area contributed by atoms with Crippen molar-refractivity contribution >= 4 is 29.2 Å². The Morgan fingerprint density at radius 3 is 2.91 bits per heavy atom. The lowest BCUT2D eigenvalue weighted by Gasteiger charge is -2.05. The summed E-state index contributed by atoms with van der Waals surface area (Å²) in [7, 11) is 1.48. The SMILES string of the molecule is COC(C=O)c1ccsc1Cl. The van der Waals surface area contributed by atoms with Crippen LogP contribution in [0.2, 0.25) is 4.34 Å². The van der Waals surface area contributed by atoms with Gasteiger partial charge >= 0.3 is 0 Å². The Kier molecular flexibility index (Phi) is 3.05. The van der Waals surface area contributed by atoms with Crippen molar-refractivity contribution in [1.82, 2.24) is 0 Å². The first-order valence-electron chi connectivity index (χ1n) is 3.00. The Morgan fingerprint density at radius 1 is 1.82 bits per heavy atom. The summed E-state index contributed by atoms with van der Waals surface area (Å²) in [6, 6.07) is 1.79. The Bertz CT molecular complexity index is 246. The molecule has 1 aromatic heterocycles. The average Bonchev–Trinajstić information content (AvgIpc) is 2.40. The molecule has 0 saturated carbocycles. The maximum Gasteiger partial charge on any atom is 0.153 e. The van der Waals surface area contributed by atoms with Crippen LogP contribution in [-0.4, -0.2) is 13.4 Å². The van der Waals surface area contributed by atoms with E-state index in [1.807, 2.05) is 5.38 Å². The average molecular weight is 191 g/mol. The van der Waals surface area contributed by atoms with Gasteiger partial charge in [-0.1, -0.05) is 11.6 Å². The van der Waals surface area contributed by atoms with E-state index in [9.17, 15) is 4.79 Å². The van der Waals surface area contributed by atoms with Gasteiger partial charge in [-0.2, -0.15) is 0 Å². The molecule has 11 heavy (non-hydrogen) atoms. The highest BCUT2D eigenvalue weighted by atomic mass is 35.5. The number of carbonyl (C=O) groups excluding carboxylic acids is 1. The second kappa shape index (κ2) is 3.85. The molecule has 0 aliphatic carbocycles. The van der Waals surface area contributed by atoms with Crippen molar-refractivity contribution in [2.45, 2.75) is 6.10 Å². The zero-order chi connectivity index (χ0) is 8.27. The Hall–Kier alpha value is -0.380. The molecule has 1 unspecified atom stereocenters. The van der Waals surface area contributed by atoms with Crippen molar-refractivity contribution in [3.8, 4) is 0 Å². The Morgan fingerprint density at radius 2 is 2.55 bits per heavy atom. The van der Waals surface area contributed by atoms with E-state index in [4.69, 9.17) is 16.3 Å². The summed E-state index contributed by atoms with van der Waals surface area (Å²) < 4.78 is 5.49. The van der Waals surface area contributed by atoms with Crippen LogP contribution in [0.15, 0.2) is 11.4 Å². The van der Waals surface area contributed by atoms with Gasteiger partial charge in [-0.25, -0.2) is 0 Å². The van der Waals surface area contributed by atoms with Gasteiger partial charge in [0.1, 0.15) is 6.10 Å². The predicted octanol–water partition coefficient (Wildman–Crippen LogP) is 2.29. The fourth-order valence-electron chi connectivity index (χ4n) is 0.763. The minimum Gasteiger partial charge on any atom is -0.369 e. The molecule has 0 amide bonds. The minimum absolute atomic E-state index is 0.520. The van der Waals surface area contributed by atoms with Gasteiger partial charge < -0.3 is 9.53 Å². The molecule has 4 heteroatoms. The van der Waals surface area contributed by atoms with E-state index in [1.165, 1.54) is 18.4 Å². The second-order valence-electron chi connectivity index (χ2n) is 1.94. The van der Waals surface area contributed by atoms with Crippen LogP contribution in [0.1, 0.15) is 11.7 Å². The van der Waals surface area contributed by atoms with Gasteiger partial charge in [-0.05, 0) is 11.4 Å². The van der Waals surface area contributed by atoms with Crippen LogP contribution >= 0.6 is 22.9 Å². The fourth-order valence-corrected chi connectivity index (χ4v) is 1.74. The first kappa shape index (κ1) is 8.71. The van der Waals surface area contributed by atoms with Crippen LogP contribution in [-0.2, 0) is 9.53 Å². The molecule has 1 aromatic rings. The third kappa shape index (κ3) is 1.80. The summed E-state index contributed by atoms with van der Waals surface area (Å²) in [4.78, 5) is 10.4. The lowest BCUT2D eigenvalue weighted by molar-refractivity contribution is -0.116. The van der Waals surface area contributed by atoms with E-state index in [1.54, 1.807) is 6.07 Å². The number of hydrogen-bond donors (Lipinski definition) is 0. The first-order valence-corrected chi connectivity index (χ1v) is 4.26. The molecule has 0 spiro atoms. The maximum absolute atomic E-state index is 10.4. The number of carbonyl (C=O) groups is 1. The van der Waals surface area contributed by atoms with Crippen LogP contribution in [0, 0.1) is 0 Å². The standard InChI is InChI=1S/C7H7ClO2S/c1-10-6(4-9)5-2-3-11-7(5)8/h2-4,6H,1H3. The van der Waals surface area contributed by atoms with Crippen LogP contribution in [0.3, 0.4) is 0 Å². The van der Waals surface area contributed by atoms with E-state index in [0.29, 0.717) is 4.34 Å². The molecule has 1 atom stereocenters. The highest BCUT2D eigenvalue weighted by molar-refractivity contribution is 7.14. The van der Waals surface area contributed by atoms with Gasteiger partial charge in [-0.3, -0.25) is 0 Å². The molecule has 0 bridgehead atoms. The highest BCUT2D eigenvalue weighted by Gasteiger charge is 2.12. The summed E-state index contributed by atoms with van der Waals surface area (Å²) in [6.45, 7) is 0. The summed E-state index contributed by atoms with van der Waals surface area (Å²) in [5.41, 5.74) is 0.745. The number of aldehydes is 1. The molecule has 1 rings (SSSR count). The number of ether oxygens (including phenoxy) is 1. The smallest absolute Gasteiger partial charge is 0.153 e. The lowest BCUT2D eigenvalue weighted by atomic mass is 10.2. The van der Waals surface area contributed by atoms with Gasteiger partial charge in [0.15, 0.2) is 6.29 Å². The van der Waals surface area contributed by atoms with Crippen LogP contribution < -0.4 is 0 Å². The number of rotatable bonds is 3. The van der Waals surface area contributed by atoms with Gasteiger partial charge in [0.05, 0.1) is 4.34 Å². The van der Waals surface area contributed by atoms with Crippen molar-refractivity contribution in [2.75, 3.05) is 7.11 Å². The fraction of sp³-hybridized carbons (Fsp3) is 0.286. The molecule has 0 N–H and O–H groups in total. The molecule has 0 aliphatic heterocycles. The minimum atomic E-state index is -0.520. The van der Waals surface area contributed by atoms with Gasteiger partial charge in [0.25, 0.3) is 0 Å². The molecule has 0 aromatic carbocycles. The highest BCUT2D eigenvalue weighted by Crippen LogP contribution is 2.28. The molecule has 0 aliphatic rings. The Labute approximate surface area is 73.7 Å². The van der Waals surface area contributed by atoms with E-state index in [0.717, 1.165) is 11.8 Å². The lowest BCUT2D eigenvalue weighted by Crippen LogP contribution is -2.00. The van der Waals surface area contributed by atoms with Gasteiger partial charge in [0.2, 0.25) is 0 Å². The molecule has 1 heterocycles. The normalized spacial score (nSPS) is 12.9. The molecular weight excluding hydrogens is 184 g/mol. The van der Waals surface area contributed by atoms with Crippen LogP contribution in [0.25, 0.3) is 0 Å². The summed E-state index contributed by atoms with van der Waals surface area (Å²) in [6.07, 6.45) is 0.210. The molecule has 2 nitrogen and oxygen atoms in total. The first-order chi connectivity index (χ1) is 5.29. The van der Waals surface area contributed by atoms with Gasteiger partial charge in [0, 0.05) is 12.7 Å². The third-order valence-corrected chi connectivity index (χ3v) is 2.53. The van der Waals surface area contributed by atoms with E-state index < -0.39 is 6.10 Å². The summed E-state index contributed by atoms with van der Waals surface area (Å²) in [5.74, 6) is 0. The third-order valence-electron chi connectivity index (χ3n) is 1.33. The van der Waals surface area contributed by atoms with E-state index in [2.05, 4.69) is 0 Å². The largest absolute Gasteiger partial charge is 0.369 e. The van der Waals surface area contributed by atoms with Crippen molar-refractivity contribution in [3.05, 3.63) is 21.3 Å². The zero-order valence-corrected chi connectivity index (χ0v) is 7.48. The number of thiophene rings is 1. The van der Waals surface area contributed by atoms with Crippen molar-refractivity contribution < 1.29 is 9.53 Å². The molecule has 0 radical (unpaired) electrons. The van der Waals surface area contributed by atoms with Crippen molar-refractivity contribution in [2.24, 2.45) is 0 Å². The maximum atomic E-state index is 10.4. The van der Waals surface area contributed by atoms with Crippen LogP contribution in [0.4, 0.5) is 0 Å². The van der Waals surface area contributed by atoms with E-state index in [-0.39, 0.29) is 0 Å². The van der Waals surface area contributed by atoms with Crippen LogP contribution in [0.5, 0.6) is 0 Å². The molecular formula is C7H7ClO2S. The zero-order valence-electron chi connectivity index (χ0n) is 5.91. The Balaban J connectivity index is 2.89. The quantitative estimate of drug-likeness (QED) is 0.684. The number of hydrogen-bond acceptors (Lipinski definition) is 3. The molecule has 0 saturated heterocycles. The topological polar surface area (TPSA) is 26.3 Å². The second-order valence-corrected chi connectivity index (χ2v) is 3.46. The van der Waals surface area contributed by atoms with Gasteiger partial charge in [-0.15, -0.1) is 11.3 Å². The number of halogens is 1. The predicted molar refractivity (Wildman–Crippen MR) is 45.1 cm³/mol. The monoisotopic (exact) mass is 190 g/mol. The van der Waals surface area contributed by atoms with E-state index >= 15 is 0 Å². The molecule has 60 valence electrons. The number of methoxy groups -OCH3 is 1. The summed E-state index contributed by atoms with van der Waals surface area (Å²) >= 11 is 7.16. The van der Waals surface area contributed by atoms with Crippen molar-refractivity contribution in [3.63, 3.8) is 0 Å². The van der Waals surface area contributed by atoms with Crippen molar-refractivity contribution in [1.29, 1.82) is 0 Å². The summed E-state index contributed by atoms with van der Waals surface area (Å²) in [5, 5.41) is 1.83. The molecule has 0 fully saturated rings.